The van der Waals surface area contributed by atoms with Crippen molar-refractivity contribution in [2.75, 3.05) is 11.9 Å². The largest absolute Gasteiger partial charge is 0.462 e. The molecule has 0 saturated carbocycles. The molecule has 0 unspecified atom stereocenters. The minimum Gasteiger partial charge on any atom is -0.462 e. The fraction of sp³-hybridized carbons (Fsp3) is 0.385. The van der Waals surface area contributed by atoms with Crippen molar-refractivity contribution in [3.63, 3.8) is 0 Å². The van der Waals surface area contributed by atoms with Crippen molar-refractivity contribution in [1.82, 2.24) is 0 Å². The second-order valence-corrected chi connectivity index (χ2v) is 4.44. The third-order valence-corrected chi connectivity index (χ3v) is 2.72. The van der Waals surface area contributed by atoms with Gasteiger partial charge in [0.05, 0.1) is 12.2 Å². The lowest BCUT2D eigenvalue weighted by molar-refractivity contribution is -0.242. The first-order valence-corrected chi connectivity index (χ1v) is 6.08. The third kappa shape index (κ3) is 3.73. The van der Waals surface area contributed by atoms with Crippen LogP contribution in [0.25, 0.3) is 0 Å². The Labute approximate surface area is 122 Å². The van der Waals surface area contributed by atoms with E-state index >= 15 is 0 Å². The number of esters is 1. The van der Waals surface area contributed by atoms with E-state index in [2.05, 4.69) is 4.74 Å². The molecule has 1 amide bonds. The fourth-order valence-electron chi connectivity index (χ4n) is 1.35. The van der Waals surface area contributed by atoms with Crippen molar-refractivity contribution < 1.29 is 37.0 Å². The van der Waals surface area contributed by atoms with Crippen LogP contribution in [0.15, 0.2) is 18.2 Å². The number of halogens is 4. The van der Waals surface area contributed by atoms with E-state index in [9.17, 15) is 27.2 Å². The highest BCUT2D eigenvalue weighted by Gasteiger charge is 2.55. The number of benzene rings is 1. The number of alkyl halides is 3. The van der Waals surface area contributed by atoms with Crippen LogP contribution in [0.2, 0.25) is 0 Å². The molecule has 2 N–H and O–H groups in total. The molecule has 1 aromatic rings. The Morgan fingerprint density at radius 1 is 1.32 bits per heavy atom. The molecule has 0 saturated heterocycles. The molecule has 122 valence electrons. The van der Waals surface area contributed by atoms with Gasteiger partial charge in [-0.25, -0.2) is 9.18 Å². The van der Waals surface area contributed by atoms with Gasteiger partial charge in [0.2, 0.25) is 5.60 Å². The molecule has 0 aliphatic rings. The molecule has 0 aliphatic heterocycles. The van der Waals surface area contributed by atoms with E-state index in [1.165, 1.54) is 6.92 Å². The summed E-state index contributed by atoms with van der Waals surface area (Å²) in [6.45, 7) is 1.81. The summed E-state index contributed by atoms with van der Waals surface area (Å²) in [5, 5.41) is 10.9. The Balaban J connectivity index is 2.95. The van der Waals surface area contributed by atoms with E-state index in [-0.39, 0.29) is 19.2 Å². The molecule has 0 aromatic heterocycles. The van der Waals surface area contributed by atoms with Crippen LogP contribution in [-0.4, -0.2) is 35.4 Å². The van der Waals surface area contributed by atoms with Crippen molar-refractivity contribution in [3.05, 3.63) is 29.6 Å². The summed E-state index contributed by atoms with van der Waals surface area (Å²) in [4.78, 5) is 22.8. The Hall–Kier alpha value is -2.16. The predicted molar refractivity (Wildman–Crippen MR) is 67.7 cm³/mol. The van der Waals surface area contributed by atoms with Crippen LogP contribution in [0.3, 0.4) is 0 Å². The maximum atomic E-state index is 13.7. The topological polar surface area (TPSA) is 75.6 Å². The van der Waals surface area contributed by atoms with Gasteiger partial charge in [-0.1, -0.05) is 0 Å². The highest BCUT2D eigenvalue weighted by Crippen LogP contribution is 2.31. The summed E-state index contributed by atoms with van der Waals surface area (Å²) in [6, 6.07) is 2.61. The van der Waals surface area contributed by atoms with E-state index in [1.54, 1.807) is 5.32 Å². The lowest BCUT2D eigenvalue weighted by atomic mass is 10.1. The Morgan fingerprint density at radius 2 is 1.91 bits per heavy atom. The summed E-state index contributed by atoms with van der Waals surface area (Å²) in [5.74, 6) is -3.80. The second-order valence-electron chi connectivity index (χ2n) is 4.44. The number of rotatable bonds is 4. The van der Waals surface area contributed by atoms with Gasteiger partial charge in [-0.15, -0.1) is 0 Å². The number of hydrogen-bond acceptors (Lipinski definition) is 4. The van der Waals surface area contributed by atoms with Gasteiger partial charge in [0.15, 0.2) is 0 Å². The summed E-state index contributed by atoms with van der Waals surface area (Å²) in [5.41, 5.74) is -4.41. The lowest BCUT2D eigenvalue weighted by Gasteiger charge is -2.24. The van der Waals surface area contributed by atoms with Crippen molar-refractivity contribution in [2.24, 2.45) is 0 Å². The molecule has 1 atom stereocenters. The van der Waals surface area contributed by atoms with Gasteiger partial charge in [-0.3, -0.25) is 4.79 Å². The average molecular weight is 323 g/mol. The molecular weight excluding hydrogens is 310 g/mol. The smallest absolute Gasteiger partial charge is 0.426 e. The minimum atomic E-state index is -5.19. The molecule has 0 aliphatic carbocycles. The molecular formula is C13H13F4NO4. The Bertz CT molecular complexity index is 584. The standard InChI is InChI=1S/C13H13F4NO4/c1-3-22-10(19)8-5-4-7(6-9(8)14)18-11(20)12(2,21)13(15,16)17/h4-6,21H,3H2,1-2H3,(H,18,20)/t12-/m0/s1. The predicted octanol–water partition coefficient (Wildman–Crippen LogP) is 2.25. The molecule has 5 nitrogen and oxygen atoms in total. The van der Waals surface area contributed by atoms with E-state index in [0.29, 0.717) is 6.07 Å². The zero-order chi connectivity index (χ0) is 17.1. The van der Waals surface area contributed by atoms with E-state index in [0.717, 1.165) is 12.1 Å². The number of carbonyl (C=O) groups excluding carboxylic acids is 2. The number of carbonyl (C=O) groups is 2. The minimum absolute atomic E-state index is 0.0191. The van der Waals surface area contributed by atoms with Gasteiger partial charge in [0.25, 0.3) is 5.91 Å². The molecule has 0 heterocycles. The Morgan fingerprint density at radius 3 is 2.36 bits per heavy atom. The zero-order valence-electron chi connectivity index (χ0n) is 11.6. The van der Waals surface area contributed by atoms with E-state index in [1.807, 2.05) is 0 Å². The van der Waals surface area contributed by atoms with Crippen LogP contribution < -0.4 is 5.32 Å². The van der Waals surface area contributed by atoms with Gasteiger partial charge in [-0.05, 0) is 32.0 Å². The lowest BCUT2D eigenvalue weighted by Crippen LogP contribution is -2.52. The summed E-state index contributed by atoms with van der Waals surface area (Å²) >= 11 is 0. The van der Waals surface area contributed by atoms with Crippen molar-refractivity contribution in [3.8, 4) is 0 Å². The molecule has 0 spiro atoms. The van der Waals surface area contributed by atoms with Crippen LogP contribution in [0.1, 0.15) is 24.2 Å². The highest BCUT2D eigenvalue weighted by atomic mass is 19.4. The van der Waals surface area contributed by atoms with Gasteiger partial charge >= 0.3 is 12.1 Å². The number of hydrogen-bond donors (Lipinski definition) is 2. The number of nitrogens with one attached hydrogen (secondary N) is 1. The molecule has 22 heavy (non-hydrogen) atoms. The van der Waals surface area contributed by atoms with Crippen LogP contribution >= 0.6 is 0 Å². The first-order chi connectivity index (χ1) is 10.0. The maximum absolute atomic E-state index is 13.7. The van der Waals surface area contributed by atoms with Crippen LogP contribution in [0, 0.1) is 5.82 Å². The molecule has 0 fully saturated rings. The molecule has 0 bridgehead atoms. The number of aliphatic hydroxyl groups is 1. The van der Waals surface area contributed by atoms with Gasteiger partial charge in [0.1, 0.15) is 5.82 Å². The van der Waals surface area contributed by atoms with Crippen molar-refractivity contribution in [2.45, 2.75) is 25.6 Å². The summed E-state index contributed by atoms with van der Waals surface area (Å²) in [6.07, 6.45) is -5.19. The van der Waals surface area contributed by atoms with Crippen molar-refractivity contribution in [1.29, 1.82) is 0 Å². The number of amides is 1. The first-order valence-electron chi connectivity index (χ1n) is 6.08. The number of anilines is 1. The van der Waals surface area contributed by atoms with Gasteiger partial charge in [0, 0.05) is 5.69 Å². The zero-order valence-corrected chi connectivity index (χ0v) is 11.6. The SMILES string of the molecule is CCOC(=O)c1ccc(NC(=O)[C@](C)(O)C(F)(F)F)cc1F. The van der Waals surface area contributed by atoms with Crippen LogP contribution in [0.4, 0.5) is 23.2 Å². The molecule has 0 radical (unpaired) electrons. The maximum Gasteiger partial charge on any atom is 0.426 e. The highest BCUT2D eigenvalue weighted by molar-refractivity contribution is 5.98. The summed E-state index contributed by atoms with van der Waals surface area (Å²) < 4.78 is 55.7. The first kappa shape index (κ1) is 17.9. The normalized spacial score (nSPS) is 14.1. The summed E-state index contributed by atoms with van der Waals surface area (Å²) in [7, 11) is 0. The average Bonchev–Trinajstić information content (AvgIpc) is 2.37. The third-order valence-electron chi connectivity index (χ3n) is 2.72. The van der Waals surface area contributed by atoms with Crippen LogP contribution in [-0.2, 0) is 9.53 Å². The van der Waals surface area contributed by atoms with E-state index < -0.39 is 35.0 Å². The molecule has 1 rings (SSSR count). The fourth-order valence-corrected chi connectivity index (χ4v) is 1.35. The van der Waals surface area contributed by atoms with Crippen molar-refractivity contribution >= 4 is 17.6 Å². The van der Waals surface area contributed by atoms with E-state index in [4.69, 9.17) is 5.11 Å². The molecule has 9 heteroatoms. The number of ether oxygens (including phenoxy) is 1. The monoisotopic (exact) mass is 323 g/mol. The van der Waals surface area contributed by atoms with Gasteiger partial charge in [-0.2, -0.15) is 13.2 Å². The Kier molecular flexibility index (Phi) is 5.13. The molecule has 1 aromatic carbocycles. The second kappa shape index (κ2) is 6.30. The van der Waals surface area contributed by atoms with Crippen LogP contribution in [0.5, 0.6) is 0 Å². The van der Waals surface area contributed by atoms with Gasteiger partial charge < -0.3 is 15.2 Å². The quantitative estimate of drug-likeness (QED) is 0.658.